The van der Waals surface area contributed by atoms with Crippen LogP contribution in [0.3, 0.4) is 0 Å². The number of rotatable bonds is 3. The van der Waals surface area contributed by atoms with Crippen molar-refractivity contribution in [3.8, 4) is 5.69 Å². The van der Waals surface area contributed by atoms with Crippen molar-refractivity contribution in [3.63, 3.8) is 0 Å². The number of pyridine rings is 1. The van der Waals surface area contributed by atoms with Gasteiger partial charge in [0.25, 0.3) is 0 Å². The second-order valence-corrected chi connectivity index (χ2v) is 4.70. The number of aromatic carboxylic acids is 1. The lowest BCUT2D eigenvalue weighted by atomic mass is 10.2. The Labute approximate surface area is 116 Å². The smallest absolute Gasteiger partial charge is 0.338 e. The van der Waals surface area contributed by atoms with E-state index in [-0.39, 0.29) is 5.56 Å². The highest BCUT2D eigenvalue weighted by molar-refractivity contribution is 7.71. The van der Waals surface area contributed by atoms with E-state index in [9.17, 15) is 4.79 Å². The molecule has 0 aliphatic rings. The van der Waals surface area contributed by atoms with Gasteiger partial charge in [-0.1, -0.05) is 12.2 Å². The molecule has 1 aromatic carbocycles. The third kappa shape index (κ3) is 2.66. The maximum Gasteiger partial charge on any atom is 0.338 e. The molecule has 0 saturated heterocycles. The highest BCUT2D eigenvalue weighted by Gasteiger charge is 2.08. The SMILES string of the molecule is CN(C)c1ccc(-n2cccc(C(=O)O)c2=S)cc1. The Morgan fingerprint density at radius 3 is 2.37 bits per heavy atom. The minimum absolute atomic E-state index is 0.134. The standard InChI is InChI=1S/C14H14N2O2S/c1-15(2)10-5-7-11(8-6-10)16-9-3-4-12(13(16)19)14(17)18/h3-9H,1-2H3,(H,17,18). The molecule has 5 heteroatoms. The van der Waals surface area contributed by atoms with Crippen LogP contribution in [0.5, 0.6) is 0 Å². The highest BCUT2D eigenvalue weighted by Crippen LogP contribution is 2.17. The average molecular weight is 274 g/mol. The minimum atomic E-state index is -1.01. The lowest BCUT2D eigenvalue weighted by molar-refractivity contribution is 0.0695. The van der Waals surface area contributed by atoms with Crippen molar-refractivity contribution in [1.29, 1.82) is 0 Å². The van der Waals surface area contributed by atoms with Gasteiger partial charge in [-0.25, -0.2) is 4.79 Å². The van der Waals surface area contributed by atoms with Crippen molar-refractivity contribution in [2.45, 2.75) is 0 Å². The number of aromatic nitrogens is 1. The molecular formula is C14H14N2O2S. The third-order valence-electron chi connectivity index (χ3n) is 2.82. The topological polar surface area (TPSA) is 45.5 Å². The largest absolute Gasteiger partial charge is 0.478 e. The van der Waals surface area contributed by atoms with Crippen LogP contribution in [0.15, 0.2) is 42.6 Å². The van der Waals surface area contributed by atoms with Crippen LogP contribution in [0.1, 0.15) is 10.4 Å². The molecule has 0 fully saturated rings. The zero-order chi connectivity index (χ0) is 14.0. The summed E-state index contributed by atoms with van der Waals surface area (Å²) in [6.07, 6.45) is 1.76. The van der Waals surface area contributed by atoms with Crippen molar-refractivity contribution in [2.75, 3.05) is 19.0 Å². The molecule has 0 unspecified atom stereocenters. The van der Waals surface area contributed by atoms with E-state index >= 15 is 0 Å². The number of carbonyl (C=O) groups is 1. The van der Waals surface area contributed by atoms with E-state index in [0.29, 0.717) is 4.64 Å². The van der Waals surface area contributed by atoms with E-state index in [0.717, 1.165) is 11.4 Å². The van der Waals surface area contributed by atoms with Crippen molar-refractivity contribution in [3.05, 3.63) is 52.8 Å². The van der Waals surface area contributed by atoms with E-state index < -0.39 is 5.97 Å². The molecule has 2 rings (SSSR count). The Bertz CT molecular complexity index is 660. The Morgan fingerprint density at radius 2 is 1.84 bits per heavy atom. The van der Waals surface area contributed by atoms with Gasteiger partial charge in [0.15, 0.2) is 0 Å². The van der Waals surface area contributed by atoms with Gasteiger partial charge in [0, 0.05) is 31.7 Å². The predicted molar refractivity (Wildman–Crippen MR) is 77.9 cm³/mol. The number of carboxylic acids is 1. The van der Waals surface area contributed by atoms with Crippen molar-refractivity contribution >= 4 is 23.9 Å². The number of carboxylic acid groups (broad SMARTS) is 1. The summed E-state index contributed by atoms with van der Waals surface area (Å²) in [5.41, 5.74) is 2.05. The van der Waals surface area contributed by atoms with E-state index in [4.69, 9.17) is 17.3 Å². The van der Waals surface area contributed by atoms with Crippen LogP contribution in [-0.2, 0) is 0 Å². The molecule has 0 radical (unpaired) electrons. The van der Waals surface area contributed by atoms with Crippen LogP contribution >= 0.6 is 12.2 Å². The summed E-state index contributed by atoms with van der Waals surface area (Å²) in [6.45, 7) is 0. The molecule has 98 valence electrons. The molecule has 19 heavy (non-hydrogen) atoms. The first-order valence-corrected chi connectivity index (χ1v) is 6.14. The maximum absolute atomic E-state index is 11.1. The summed E-state index contributed by atoms with van der Waals surface area (Å²) in [5.74, 6) is -1.01. The molecule has 4 nitrogen and oxygen atoms in total. The molecule has 0 spiro atoms. The summed E-state index contributed by atoms with van der Waals surface area (Å²) < 4.78 is 1.99. The van der Waals surface area contributed by atoms with Gasteiger partial charge in [0.2, 0.25) is 0 Å². The predicted octanol–water partition coefficient (Wildman–Crippen LogP) is 2.97. The molecule has 2 aromatic rings. The van der Waals surface area contributed by atoms with Crippen molar-refractivity contribution in [2.24, 2.45) is 0 Å². The quantitative estimate of drug-likeness (QED) is 0.874. The zero-order valence-corrected chi connectivity index (χ0v) is 11.5. The molecule has 0 aliphatic heterocycles. The molecule has 0 amide bonds. The molecule has 0 bridgehead atoms. The van der Waals surface area contributed by atoms with Gasteiger partial charge < -0.3 is 14.6 Å². The van der Waals surface area contributed by atoms with Gasteiger partial charge in [-0.05, 0) is 36.4 Å². The number of hydrogen-bond acceptors (Lipinski definition) is 3. The fourth-order valence-corrected chi connectivity index (χ4v) is 2.09. The summed E-state index contributed by atoms with van der Waals surface area (Å²) in [7, 11) is 3.93. The number of benzene rings is 1. The second-order valence-electron chi connectivity index (χ2n) is 4.31. The van der Waals surface area contributed by atoms with Gasteiger partial charge in [-0.3, -0.25) is 0 Å². The van der Waals surface area contributed by atoms with Gasteiger partial charge in [-0.15, -0.1) is 0 Å². The summed E-state index contributed by atoms with van der Waals surface area (Å²) in [6, 6.07) is 10.9. The highest BCUT2D eigenvalue weighted by atomic mass is 32.1. The lowest BCUT2D eigenvalue weighted by Gasteiger charge is -2.14. The first-order valence-electron chi connectivity index (χ1n) is 5.73. The maximum atomic E-state index is 11.1. The Morgan fingerprint density at radius 1 is 1.21 bits per heavy atom. The molecule has 1 N–H and O–H groups in total. The molecule has 1 aromatic heterocycles. The van der Waals surface area contributed by atoms with E-state index in [1.807, 2.05) is 43.3 Å². The van der Waals surface area contributed by atoms with Crippen LogP contribution in [0, 0.1) is 4.64 Å². The minimum Gasteiger partial charge on any atom is -0.478 e. The Kier molecular flexibility index (Phi) is 3.66. The second kappa shape index (κ2) is 5.24. The van der Waals surface area contributed by atoms with Gasteiger partial charge in [0.05, 0.1) is 5.56 Å². The van der Waals surface area contributed by atoms with E-state index in [1.165, 1.54) is 6.07 Å². The fourth-order valence-electron chi connectivity index (χ4n) is 1.77. The van der Waals surface area contributed by atoms with Gasteiger partial charge >= 0.3 is 5.97 Å². The lowest BCUT2D eigenvalue weighted by Crippen LogP contribution is -2.09. The molecule has 1 heterocycles. The van der Waals surface area contributed by atoms with Crippen LogP contribution < -0.4 is 4.90 Å². The van der Waals surface area contributed by atoms with E-state index in [2.05, 4.69) is 0 Å². The van der Waals surface area contributed by atoms with Crippen LogP contribution in [0.25, 0.3) is 5.69 Å². The number of nitrogens with zero attached hydrogens (tertiary/aromatic N) is 2. The van der Waals surface area contributed by atoms with Gasteiger partial charge in [0.1, 0.15) is 4.64 Å². The van der Waals surface area contributed by atoms with E-state index in [1.54, 1.807) is 16.8 Å². The third-order valence-corrected chi connectivity index (χ3v) is 3.24. The summed E-state index contributed by atoms with van der Waals surface area (Å²) in [4.78, 5) is 13.1. The van der Waals surface area contributed by atoms with Crippen molar-refractivity contribution < 1.29 is 9.90 Å². The first kappa shape index (κ1) is 13.3. The van der Waals surface area contributed by atoms with Crippen LogP contribution in [0.4, 0.5) is 5.69 Å². The number of hydrogen-bond donors (Lipinski definition) is 1. The van der Waals surface area contributed by atoms with Crippen molar-refractivity contribution in [1.82, 2.24) is 4.57 Å². The summed E-state index contributed by atoms with van der Waals surface area (Å²) in [5, 5.41) is 9.07. The summed E-state index contributed by atoms with van der Waals surface area (Å²) >= 11 is 5.21. The average Bonchev–Trinajstić information content (AvgIpc) is 2.38. The monoisotopic (exact) mass is 274 g/mol. The zero-order valence-electron chi connectivity index (χ0n) is 10.7. The number of anilines is 1. The molecule has 0 saturated carbocycles. The first-order chi connectivity index (χ1) is 9.00. The Hall–Kier alpha value is -2.14. The molecule has 0 atom stereocenters. The normalized spacial score (nSPS) is 10.2. The van der Waals surface area contributed by atoms with Gasteiger partial charge in [-0.2, -0.15) is 0 Å². The molecular weight excluding hydrogens is 260 g/mol. The molecule has 0 aliphatic carbocycles. The van der Waals surface area contributed by atoms with Crippen LogP contribution in [0.2, 0.25) is 0 Å². The fraction of sp³-hybridized carbons (Fsp3) is 0.143. The van der Waals surface area contributed by atoms with Crippen LogP contribution in [-0.4, -0.2) is 29.7 Å². The Balaban J connectivity index is 2.51.